The van der Waals surface area contributed by atoms with Gasteiger partial charge in [0.1, 0.15) is 11.1 Å². The predicted octanol–water partition coefficient (Wildman–Crippen LogP) is 4.62. The molecule has 1 fully saturated rings. The molecule has 1 saturated heterocycles. The van der Waals surface area contributed by atoms with Crippen LogP contribution in [0.5, 0.6) is 0 Å². The summed E-state index contributed by atoms with van der Waals surface area (Å²) in [6.45, 7) is 8.46. The monoisotopic (exact) mass is 578 g/mol. The molecule has 1 aliphatic rings. The number of amides is 1. The van der Waals surface area contributed by atoms with Gasteiger partial charge in [-0.3, -0.25) is 19.3 Å². The number of carbonyl (C=O) groups is 2. The van der Waals surface area contributed by atoms with Crippen molar-refractivity contribution >= 4 is 52.2 Å². The summed E-state index contributed by atoms with van der Waals surface area (Å²) in [7, 11) is 0. The molecule has 0 bridgehead atoms. The minimum atomic E-state index is -0.968. The SMILES string of the molecule is CCOC(=O)C1(Cn2ncc3nc(NCc4ccc(Cl)c(Cl)c4)[nH]c(=O)c32)CCN(C(=O)OC(C)(C)C)CC1. The summed E-state index contributed by atoms with van der Waals surface area (Å²) in [6, 6.07) is 5.25. The number of rotatable bonds is 7. The molecule has 11 nitrogen and oxygen atoms in total. The van der Waals surface area contributed by atoms with Crippen molar-refractivity contribution in [2.75, 3.05) is 25.0 Å². The van der Waals surface area contributed by atoms with Crippen molar-refractivity contribution < 1.29 is 19.1 Å². The van der Waals surface area contributed by atoms with Crippen molar-refractivity contribution in [3.05, 3.63) is 50.4 Å². The molecule has 1 amide bonds. The third kappa shape index (κ3) is 6.65. The molecule has 0 aliphatic carbocycles. The largest absolute Gasteiger partial charge is 0.466 e. The Morgan fingerprint density at radius 1 is 1.18 bits per heavy atom. The Balaban J connectivity index is 1.53. The second kappa shape index (κ2) is 11.4. The molecule has 3 aromatic rings. The van der Waals surface area contributed by atoms with Crippen LogP contribution in [0.1, 0.15) is 46.1 Å². The van der Waals surface area contributed by atoms with E-state index in [0.717, 1.165) is 5.56 Å². The van der Waals surface area contributed by atoms with E-state index in [1.165, 1.54) is 10.9 Å². The van der Waals surface area contributed by atoms with E-state index in [4.69, 9.17) is 32.7 Å². The Labute approximate surface area is 235 Å². The molecule has 0 atom stereocenters. The molecule has 0 unspecified atom stereocenters. The van der Waals surface area contributed by atoms with Crippen LogP contribution in [0.2, 0.25) is 10.0 Å². The first kappa shape index (κ1) is 28.7. The summed E-state index contributed by atoms with van der Waals surface area (Å²) in [5, 5.41) is 8.35. The van der Waals surface area contributed by atoms with E-state index in [1.54, 1.807) is 44.7 Å². The van der Waals surface area contributed by atoms with E-state index < -0.39 is 22.7 Å². The summed E-state index contributed by atoms with van der Waals surface area (Å²) < 4.78 is 12.4. The summed E-state index contributed by atoms with van der Waals surface area (Å²) in [5.41, 5.74) is -0.514. The van der Waals surface area contributed by atoms with Crippen LogP contribution in [0.15, 0.2) is 29.2 Å². The highest BCUT2D eigenvalue weighted by Crippen LogP contribution is 2.36. The smallest absolute Gasteiger partial charge is 0.410 e. The summed E-state index contributed by atoms with van der Waals surface area (Å²) in [5.74, 6) is -0.120. The minimum Gasteiger partial charge on any atom is -0.466 e. The van der Waals surface area contributed by atoms with E-state index >= 15 is 0 Å². The van der Waals surface area contributed by atoms with Crippen LogP contribution in [-0.4, -0.2) is 62.0 Å². The zero-order valence-corrected chi connectivity index (χ0v) is 23.9. The Morgan fingerprint density at radius 3 is 2.54 bits per heavy atom. The number of esters is 1. The summed E-state index contributed by atoms with van der Waals surface area (Å²) >= 11 is 12.1. The van der Waals surface area contributed by atoms with Gasteiger partial charge in [0.15, 0.2) is 5.52 Å². The van der Waals surface area contributed by atoms with Crippen molar-refractivity contribution in [3.63, 3.8) is 0 Å². The molecule has 2 aromatic heterocycles. The van der Waals surface area contributed by atoms with Crippen molar-refractivity contribution in [2.45, 2.75) is 59.2 Å². The number of aromatic nitrogens is 4. The first-order valence-electron chi connectivity index (χ1n) is 12.7. The van der Waals surface area contributed by atoms with Gasteiger partial charge in [-0.05, 0) is 58.2 Å². The standard InChI is InChI=1S/C26H32Cl2N6O5/c1-5-38-22(36)26(8-10-33(11-9-26)24(37)39-25(2,3)4)15-34-20-19(14-30-34)31-23(32-21(20)35)29-13-16-6-7-17(27)18(28)12-16/h6-7,12,14H,5,8-11,13,15H2,1-4H3,(H2,29,31,32,35). The molecular formula is C26H32Cl2N6O5. The lowest BCUT2D eigenvalue weighted by Crippen LogP contribution is -2.50. The number of anilines is 1. The highest BCUT2D eigenvalue weighted by molar-refractivity contribution is 6.42. The highest BCUT2D eigenvalue weighted by atomic mass is 35.5. The van der Waals surface area contributed by atoms with Gasteiger partial charge in [0.25, 0.3) is 5.56 Å². The third-order valence-corrected chi connectivity index (χ3v) is 7.22. The minimum absolute atomic E-state index is 0.109. The van der Waals surface area contributed by atoms with Gasteiger partial charge in [0.05, 0.1) is 34.8 Å². The molecule has 1 aliphatic heterocycles. The topological polar surface area (TPSA) is 131 Å². The number of benzene rings is 1. The molecule has 0 radical (unpaired) electrons. The number of fused-ring (bicyclic) bond motifs is 1. The average Bonchev–Trinajstić information content (AvgIpc) is 3.27. The molecule has 0 spiro atoms. The second-order valence-corrected chi connectivity index (χ2v) is 11.3. The first-order valence-corrected chi connectivity index (χ1v) is 13.5. The number of carbonyl (C=O) groups excluding carboxylic acids is 2. The van der Waals surface area contributed by atoms with Crippen LogP contribution in [-0.2, 0) is 27.4 Å². The number of nitrogens with one attached hydrogen (secondary N) is 2. The number of likely N-dealkylation sites (tertiary alicyclic amines) is 1. The fourth-order valence-electron chi connectivity index (χ4n) is 4.49. The maximum Gasteiger partial charge on any atom is 0.410 e. The van der Waals surface area contributed by atoms with E-state index in [1.807, 2.05) is 6.07 Å². The van der Waals surface area contributed by atoms with Gasteiger partial charge in [-0.25, -0.2) is 9.78 Å². The molecule has 0 saturated carbocycles. The van der Waals surface area contributed by atoms with Gasteiger partial charge in [-0.15, -0.1) is 0 Å². The summed E-state index contributed by atoms with van der Waals surface area (Å²) in [6.07, 6.45) is 1.73. The first-order chi connectivity index (χ1) is 18.4. The predicted molar refractivity (Wildman–Crippen MR) is 148 cm³/mol. The number of hydrogen-bond acceptors (Lipinski definition) is 8. The van der Waals surface area contributed by atoms with Crippen LogP contribution in [0.25, 0.3) is 11.0 Å². The van der Waals surface area contributed by atoms with Crippen LogP contribution in [0.3, 0.4) is 0 Å². The second-order valence-electron chi connectivity index (χ2n) is 10.5. The number of H-pyrrole nitrogens is 1. The average molecular weight is 579 g/mol. The normalized spacial score (nSPS) is 15.3. The summed E-state index contributed by atoms with van der Waals surface area (Å²) in [4.78, 5) is 47.6. The van der Waals surface area contributed by atoms with E-state index in [2.05, 4.69) is 20.4 Å². The number of hydrogen-bond donors (Lipinski definition) is 2. The van der Waals surface area contributed by atoms with E-state index in [9.17, 15) is 14.4 Å². The molecular weight excluding hydrogens is 547 g/mol. The number of aromatic amines is 1. The molecule has 4 rings (SSSR count). The highest BCUT2D eigenvalue weighted by Gasteiger charge is 2.45. The lowest BCUT2D eigenvalue weighted by atomic mass is 9.78. The zero-order valence-electron chi connectivity index (χ0n) is 22.3. The Bertz CT molecular complexity index is 1420. The van der Waals surface area contributed by atoms with Crippen molar-refractivity contribution in [2.24, 2.45) is 5.41 Å². The maximum absolute atomic E-state index is 13.2. The van der Waals surface area contributed by atoms with E-state index in [-0.39, 0.29) is 30.6 Å². The van der Waals surface area contributed by atoms with Gasteiger partial charge < -0.3 is 19.7 Å². The van der Waals surface area contributed by atoms with Gasteiger partial charge >= 0.3 is 12.1 Å². The fourth-order valence-corrected chi connectivity index (χ4v) is 4.81. The zero-order chi connectivity index (χ0) is 28.4. The molecule has 1 aromatic carbocycles. The molecule has 13 heteroatoms. The van der Waals surface area contributed by atoms with E-state index in [0.29, 0.717) is 48.0 Å². The van der Waals surface area contributed by atoms with Gasteiger partial charge in [0.2, 0.25) is 5.95 Å². The van der Waals surface area contributed by atoms with Crippen molar-refractivity contribution in [3.8, 4) is 0 Å². The molecule has 210 valence electrons. The van der Waals surface area contributed by atoms with Crippen LogP contribution in [0, 0.1) is 5.41 Å². The number of halogens is 2. The quantitative estimate of drug-likeness (QED) is 0.388. The Morgan fingerprint density at radius 2 is 1.90 bits per heavy atom. The lowest BCUT2D eigenvalue weighted by molar-refractivity contribution is -0.160. The van der Waals surface area contributed by atoms with Crippen LogP contribution >= 0.6 is 23.2 Å². The Kier molecular flexibility index (Phi) is 8.41. The molecule has 3 heterocycles. The fraction of sp³-hybridized carbons (Fsp3) is 0.500. The van der Waals surface area contributed by atoms with Gasteiger partial charge in [-0.2, -0.15) is 5.10 Å². The number of nitrogens with zero attached hydrogens (tertiary/aromatic N) is 4. The van der Waals surface area contributed by atoms with Crippen LogP contribution < -0.4 is 10.9 Å². The van der Waals surface area contributed by atoms with Crippen molar-refractivity contribution in [1.82, 2.24) is 24.6 Å². The lowest BCUT2D eigenvalue weighted by Gasteiger charge is -2.40. The molecule has 2 N–H and O–H groups in total. The molecule has 39 heavy (non-hydrogen) atoms. The maximum atomic E-state index is 13.2. The van der Waals surface area contributed by atoms with Gasteiger partial charge in [0, 0.05) is 19.6 Å². The number of ether oxygens (including phenoxy) is 2. The third-order valence-electron chi connectivity index (χ3n) is 6.48. The van der Waals surface area contributed by atoms with Crippen LogP contribution in [0.4, 0.5) is 10.7 Å². The Hall–Kier alpha value is -3.31. The number of piperidine rings is 1. The van der Waals surface area contributed by atoms with Gasteiger partial charge in [-0.1, -0.05) is 29.3 Å². The van der Waals surface area contributed by atoms with Crippen molar-refractivity contribution in [1.29, 1.82) is 0 Å².